The molecule has 5 nitrogen and oxygen atoms in total. The summed E-state index contributed by atoms with van der Waals surface area (Å²) in [5.41, 5.74) is 2.95. The molecule has 2 aromatic heterocycles. The maximum atomic E-state index is 12.6. The first-order valence-electron chi connectivity index (χ1n) is 9.03. The minimum atomic E-state index is -0.118. The van der Waals surface area contributed by atoms with E-state index in [0.717, 1.165) is 40.7 Å². The van der Waals surface area contributed by atoms with Gasteiger partial charge in [-0.05, 0) is 55.4 Å². The number of thiophene rings is 1. The van der Waals surface area contributed by atoms with E-state index >= 15 is 0 Å². The maximum absolute atomic E-state index is 12.6. The number of aromatic amines is 1. The lowest BCUT2D eigenvalue weighted by Gasteiger charge is -2.17. The summed E-state index contributed by atoms with van der Waals surface area (Å²) in [7, 11) is 0. The largest absolute Gasteiger partial charge is 0.325 e. The molecule has 0 radical (unpaired) electrons. The molecule has 0 saturated heterocycles. The molecule has 0 spiro atoms. The van der Waals surface area contributed by atoms with Crippen LogP contribution < -0.4 is 10.9 Å². The van der Waals surface area contributed by atoms with Crippen molar-refractivity contribution in [3.63, 3.8) is 0 Å². The fourth-order valence-corrected chi connectivity index (χ4v) is 5.55. The van der Waals surface area contributed by atoms with Gasteiger partial charge >= 0.3 is 0 Å². The van der Waals surface area contributed by atoms with Gasteiger partial charge in [0.25, 0.3) is 5.56 Å². The molecule has 0 fully saturated rings. The van der Waals surface area contributed by atoms with E-state index in [-0.39, 0.29) is 17.2 Å². The highest BCUT2D eigenvalue weighted by Gasteiger charge is 2.23. The molecule has 0 aliphatic heterocycles. The van der Waals surface area contributed by atoms with Gasteiger partial charge in [-0.1, -0.05) is 30.8 Å². The third-order valence-corrected chi connectivity index (χ3v) is 6.81. The van der Waals surface area contributed by atoms with Crippen LogP contribution in [0.2, 0.25) is 0 Å². The van der Waals surface area contributed by atoms with Gasteiger partial charge in [0.1, 0.15) is 4.83 Å². The number of nitrogens with zero attached hydrogens (tertiary/aromatic N) is 1. The second kappa shape index (κ2) is 7.48. The van der Waals surface area contributed by atoms with Gasteiger partial charge in [-0.3, -0.25) is 9.59 Å². The van der Waals surface area contributed by atoms with Crippen LogP contribution in [0.1, 0.15) is 29.3 Å². The Labute approximate surface area is 165 Å². The van der Waals surface area contributed by atoms with Crippen LogP contribution in [0.4, 0.5) is 5.69 Å². The zero-order chi connectivity index (χ0) is 19.0. The Hall–Kier alpha value is -2.12. The molecule has 1 aromatic carbocycles. The minimum absolute atomic E-state index is 0.0892. The summed E-state index contributed by atoms with van der Waals surface area (Å²) in [6.45, 7) is 4.23. The Kier molecular flexibility index (Phi) is 5.06. The Balaban J connectivity index is 1.49. The van der Waals surface area contributed by atoms with Gasteiger partial charge in [0, 0.05) is 10.6 Å². The molecule has 4 rings (SSSR count). The molecule has 1 aliphatic rings. The number of thioether (sulfide) groups is 1. The Morgan fingerprint density at radius 1 is 1.44 bits per heavy atom. The summed E-state index contributed by atoms with van der Waals surface area (Å²) in [4.78, 5) is 34.3. The number of aryl methyl sites for hydroxylation is 2. The highest BCUT2D eigenvalue weighted by Crippen LogP contribution is 2.36. The van der Waals surface area contributed by atoms with Crippen molar-refractivity contribution < 1.29 is 4.79 Å². The normalized spacial score (nSPS) is 16.3. The summed E-state index contributed by atoms with van der Waals surface area (Å²) >= 11 is 2.88. The molecule has 2 heterocycles. The summed E-state index contributed by atoms with van der Waals surface area (Å²) in [5.74, 6) is 0.737. The van der Waals surface area contributed by atoms with Gasteiger partial charge in [0.05, 0.1) is 11.1 Å². The van der Waals surface area contributed by atoms with Gasteiger partial charge < -0.3 is 10.3 Å². The van der Waals surface area contributed by atoms with Crippen LogP contribution in [-0.4, -0.2) is 21.6 Å². The van der Waals surface area contributed by atoms with Crippen LogP contribution >= 0.6 is 23.1 Å². The van der Waals surface area contributed by atoms with Crippen LogP contribution in [0.25, 0.3) is 10.2 Å². The van der Waals surface area contributed by atoms with E-state index < -0.39 is 0 Å². The lowest BCUT2D eigenvalue weighted by atomic mass is 9.89. The molecular weight excluding hydrogens is 378 g/mol. The zero-order valence-electron chi connectivity index (χ0n) is 15.3. The molecule has 1 aliphatic carbocycles. The smallest absolute Gasteiger partial charge is 0.260 e. The van der Waals surface area contributed by atoms with Gasteiger partial charge in [-0.25, -0.2) is 4.98 Å². The van der Waals surface area contributed by atoms with E-state index in [9.17, 15) is 9.59 Å². The van der Waals surface area contributed by atoms with Crippen molar-refractivity contribution in [1.82, 2.24) is 9.97 Å². The van der Waals surface area contributed by atoms with Crippen LogP contribution in [0.5, 0.6) is 0 Å². The summed E-state index contributed by atoms with van der Waals surface area (Å²) in [5, 5.41) is 4.12. The molecule has 1 amide bonds. The average molecular weight is 400 g/mol. The van der Waals surface area contributed by atoms with Crippen molar-refractivity contribution in [3.8, 4) is 0 Å². The second-order valence-electron chi connectivity index (χ2n) is 7.11. The van der Waals surface area contributed by atoms with E-state index in [1.165, 1.54) is 22.2 Å². The molecule has 0 saturated carbocycles. The number of aromatic nitrogens is 2. The molecule has 27 heavy (non-hydrogen) atoms. The number of carbonyl (C=O) groups excluding carboxylic acids is 1. The topological polar surface area (TPSA) is 74.8 Å². The van der Waals surface area contributed by atoms with Gasteiger partial charge in [-0.2, -0.15) is 0 Å². The highest BCUT2D eigenvalue weighted by atomic mass is 32.2. The predicted octanol–water partition coefficient (Wildman–Crippen LogP) is 4.15. The van der Waals surface area contributed by atoms with Gasteiger partial charge in [0.2, 0.25) is 5.91 Å². The first kappa shape index (κ1) is 18.3. The molecule has 1 unspecified atom stereocenters. The summed E-state index contributed by atoms with van der Waals surface area (Å²) in [6.07, 6.45) is 3.09. The van der Waals surface area contributed by atoms with Crippen molar-refractivity contribution in [3.05, 3.63) is 50.6 Å². The number of anilines is 1. The number of hydrogen-bond donors (Lipinski definition) is 2. The highest BCUT2D eigenvalue weighted by molar-refractivity contribution is 7.99. The van der Waals surface area contributed by atoms with Crippen molar-refractivity contribution in [2.75, 3.05) is 11.1 Å². The number of hydrogen-bond acceptors (Lipinski definition) is 5. The fraction of sp³-hybridized carbons (Fsp3) is 0.350. The van der Waals surface area contributed by atoms with Crippen LogP contribution in [0, 0.1) is 12.8 Å². The molecule has 2 N–H and O–H groups in total. The van der Waals surface area contributed by atoms with E-state index in [2.05, 4.69) is 22.2 Å². The summed E-state index contributed by atoms with van der Waals surface area (Å²) in [6, 6.07) is 7.67. The van der Waals surface area contributed by atoms with E-state index in [4.69, 9.17) is 0 Å². The standard InChI is InChI=1S/C20H21N3O2S2/c1-11-4-3-5-13(8-11)21-16(24)10-26-20-22-18(25)17-14-7-6-12(2)9-15(14)27-19(17)23-20/h3-5,8,12H,6-7,9-10H2,1-2H3,(H,21,24)(H,22,23,25). The van der Waals surface area contributed by atoms with Gasteiger partial charge in [0.15, 0.2) is 5.16 Å². The number of amides is 1. The number of nitrogens with one attached hydrogen (secondary N) is 2. The Morgan fingerprint density at radius 2 is 2.30 bits per heavy atom. The third-order valence-electron chi connectivity index (χ3n) is 4.79. The third kappa shape index (κ3) is 3.94. The first-order valence-corrected chi connectivity index (χ1v) is 10.8. The minimum Gasteiger partial charge on any atom is -0.325 e. The number of H-pyrrole nitrogens is 1. The van der Waals surface area contributed by atoms with Crippen molar-refractivity contribution in [1.29, 1.82) is 0 Å². The number of benzene rings is 1. The van der Waals surface area contributed by atoms with E-state index in [1.54, 1.807) is 11.3 Å². The van der Waals surface area contributed by atoms with E-state index in [0.29, 0.717) is 11.1 Å². The quantitative estimate of drug-likeness (QED) is 0.510. The lowest BCUT2D eigenvalue weighted by molar-refractivity contribution is -0.113. The van der Waals surface area contributed by atoms with E-state index in [1.807, 2.05) is 31.2 Å². The van der Waals surface area contributed by atoms with Crippen molar-refractivity contribution >= 4 is 44.9 Å². The molecule has 140 valence electrons. The van der Waals surface area contributed by atoms with Crippen molar-refractivity contribution in [2.24, 2.45) is 5.92 Å². The number of carbonyl (C=O) groups is 1. The Bertz CT molecular complexity index is 1070. The molecule has 7 heteroatoms. The van der Waals surface area contributed by atoms with Crippen LogP contribution in [-0.2, 0) is 17.6 Å². The molecule has 1 atom stereocenters. The molecular formula is C20H21N3O2S2. The summed E-state index contributed by atoms with van der Waals surface area (Å²) < 4.78 is 0. The van der Waals surface area contributed by atoms with Crippen molar-refractivity contribution in [2.45, 2.75) is 38.3 Å². The first-order chi connectivity index (χ1) is 13.0. The molecule has 3 aromatic rings. The maximum Gasteiger partial charge on any atom is 0.260 e. The number of fused-ring (bicyclic) bond motifs is 3. The molecule has 0 bridgehead atoms. The number of rotatable bonds is 4. The monoisotopic (exact) mass is 399 g/mol. The van der Waals surface area contributed by atoms with Crippen LogP contribution in [0.15, 0.2) is 34.2 Å². The SMILES string of the molecule is Cc1cccc(NC(=O)CSc2nc3sc4c(c3c(=O)[nH]2)CCC(C)C4)c1. The lowest BCUT2D eigenvalue weighted by Crippen LogP contribution is -2.16. The zero-order valence-corrected chi connectivity index (χ0v) is 16.9. The van der Waals surface area contributed by atoms with Gasteiger partial charge in [-0.15, -0.1) is 11.3 Å². The Morgan fingerprint density at radius 3 is 3.11 bits per heavy atom. The second-order valence-corrected chi connectivity index (χ2v) is 9.16. The average Bonchev–Trinajstić information content (AvgIpc) is 2.97. The predicted molar refractivity (Wildman–Crippen MR) is 112 cm³/mol. The fourth-order valence-electron chi connectivity index (χ4n) is 3.45. The van der Waals surface area contributed by atoms with Crippen LogP contribution in [0.3, 0.4) is 0 Å².